The number of nitrogens with zero attached hydrogens (tertiary/aromatic N) is 1. The van der Waals surface area contributed by atoms with Crippen molar-refractivity contribution in [1.29, 1.82) is 0 Å². The number of ketones is 1. The van der Waals surface area contributed by atoms with Crippen molar-refractivity contribution in [3.63, 3.8) is 0 Å². The van der Waals surface area contributed by atoms with E-state index in [1.165, 1.54) is 17.0 Å². The zero-order valence-corrected chi connectivity index (χ0v) is 15.9. The highest BCUT2D eigenvalue weighted by Gasteiger charge is 2.40. The van der Waals surface area contributed by atoms with Crippen LogP contribution in [-0.2, 0) is 15.8 Å². The van der Waals surface area contributed by atoms with Gasteiger partial charge < -0.3 is 0 Å². The SMILES string of the molecule is Cc1ccc(C2CC(=O)N(c3ccc(C(F)(F)F)cc3)C3=C2C(=O)CCC3)cc1. The van der Waals surface area contributed by atoms with E-state index in [4.69, 9.17) is 0 Å². The molecular formula is C23H20F3NO2. The fraction of sp³-hybridized carbons (Fsp3) is 0.304. The molecule has 2 aromatic carbocycles. The molecule has 29 heavy (non-hydrogen) atoms. The standard InChI is InChI=1S/C23H20F3NO2/c1-14-5-7-15(8-6-14)18-13-21(29)27(19-3-2-4-20(28)22(18)19)17-11-9-16(10-12-17)23(24,25)26/h5-12,18H,2-4,13H2,1H3. The molecule has 4 rings (SSSR count). The molecule has 1 aliphatic heterocycles. The van der Waals surface area contributed by atoms with Gasteiger partial charge in [-0.15, -0.1) is 0 Å². The lowest BCUT2D eigenvalue weighted by atomic mass is 9.77. The van der Waals surface area contributed by atoms with Gasteiger partial charge >= 0.3 is 6.18 Å². The number of amides is 1. The number of aryl methyl sites for hydroxylation is 1. The van der Waals surface area contributed by atoms with Gasteiger partial charge in [-0.25, -0.2) is 0 Å². The van der Waals surface area contributed by atoms with Crippen LogP contribution in [-0.4, -0.2) is 11.7 Å². The van der Waals surface area contributed by atoms with E-state index >= 15 is 0 Å². The molecular weight excluding hydrogens is 379 g/mol. The van der Waals surface area contributed by atoms with Crippen molar-refractivity contribution in [3.8, 4) is 0 Å². The molecule has 6 heteroatoms. The summed E-state index contributed by atoms with van der Waals surface area (Å²) in [5.41, 5.74) is 2.86. The highest BCUT2D eigenvalue weighted by molar-refractivity contribution is 6.07. The van der Waals surface area contributed by atoms with E-state index in [9.17, 15) is 22.8 Å². The number of allylic oxidation sites excluding steroid dienone is 2. The number of carbonyl (C=O) groups excluding carboxylic acids is 2. The van der Waals surface area contributed by atoms with Gasteiger partial charge in [0.15, 0.2) is 5.78 Å². The van der Waals surface area contributed by atoms with E-state index in [1.54, 1.807) is 0 Å². The number of benzene rings is 2. The topological polar surface area (TPSA) is 37.4 Å². The molecule has 1 amide bonds. The minimum absolute atomic E-state index is 0.0150. The van der Waals surface area contributed by atoms with Gasteiger partial charge in [0.05, 0.1) is 5.56 Å². The number of anilines is 1. The van der Waals surface area contributed by atoms with Crippen LogP contribution in [0.25, 0.3) is 0 Å². The molecule has 2 aromatic rings. The largest absolute Gasteiger partial charge is 0.416 e. The molecule has 0 saturated carbocycles. The van der Waals surface area contributed by atoms with Crippen LogP contribution in [0.5, 0.6) is 0 Å². The van der Waals surface area contributed by atoms with Crippen LogP contribution in [0.15, 0.2) is 59.8 Å². The smallest absolute Gasteiger partial charge is 0.294 e. The summed E-state index contributed by atoms with van der Waals surface area (Å²) in [5.74, 6) is -0.499. The molecule has 0 radical (unpaired) electrons. The summed E-state index contributed by atoms with van der Waals surface area (Å²) in [5, 5.41) is 0. The van der Waals surface area contributed by atoms with Crippen LogP contribution in [0, 0.1) is 6.92 Å². The van der Waals surface area contributed by atoms with Crippen LogP contribution in [0.3, 0.4) is 0 Å². The Hall–Kier alpha value is -2.89. The Balaban J connectivity index is 1.79. The Morgan fingerprint density at radius 1 is 0.931 bits per heavy atom. The number of hydrogen-bond acceptors (Lipinski definition) is 2. The molecule has 150 valence electrons. The van der Waals surface area contributed by atoms with Crippen molar-refractivity contribution < 1.29 is 22.8 Å². The summed E-state index contributed by atoms with van der Waals surface area (Å²) in [6, 6.07) is 12.3. The van der Waals surface area contributed by atoms with Crippen LogP contribution < -0.4 is 4.90 Å². The third-order valence-electron chi connectivity index (χ3n) is 5.61. The number of Topliss-reactive ketones (excluding diaryl/α,β-unsaturated/α-hetero) is 1. The van der Waals surface area contributed by atoms with Crippen molar-refractivity contribution in [2.75, 3.05) is 4.90 Å². The normalized spacial score (nSPS) is 20.1. The zero-order chi connectivity index (χ0) is 20.8. The number of hydrogen-bond donors (Lipinski definition) is 0. The van der Waals surface area contributed by atoms with Crippen molar-refractivity contribution in [1.82, 2.24) is 0 Å². The molecule has 3 nitrogen and oxygen atoms in total. The molecule has 1 unspecified atom stereocenters. The van der Waals surface area contributed by atoms with Gasteiger partial charge in [-0.3, -0.25) is 14.5 Å². The maximum atomic E-state index is 13.0. The first-order valence-corrected chi connectivity index (χ1v) is 9.59. The first-order valence-electron chi connectivity index (χ1n) is 9.59. The predicted octanol–water partition coefficient (Wildman–Crippen LogP) is 5.54. The van der Waals surface area contributed by atoms with Gasteiger partial charge in [-0.1, -0.05) is 29.8 Å². The maximum Gasteiger partial charge on any atom is 0.416 e. The van der Waals surface area contributed by atoms with Crippen molar-refractivity contribution >= 4 is 17.4 Å². The molecule has 0 saturated heterocycles. The summed E-state index contributed by atoms with van der Waals surface area (Å²) in [6.45, 7) is 1.97. The average molecular weight is 399 g/mol. The lowest BCUT2D eigenvalue weighted by molar-refractivity contribution is -0.137. The highest BCUT2D eigenvalue weighted by atomic mass is 19.4. The quantitative estimate of drug-likeness (QED) is 0.665. The molecule has 1 aliphatic carbocycles. The van der Waals surface area contributed by atoms with E-state index in [-0.39, 0.29) is 24.0 Å². The minimum Gasteiger partial charge on any atom is -0.294 e. The second-order valence-corrected chi connectivity index (χ2v) is 7.58. The second-order valence-electron chi connectivity index (χ2n) is 7.58. The Kier molecular flexibility index (Phi) is 4.81. The third-order valence-corrected chi connectivity index (χ3v) is 5.61. The van der Waals surface area contributed by atoms with Crippen LogP contribution in [0.2, 0.25) is 0 Å². The summed E-state index contributed by atoms with van der Waals surface area (Å²) < 4.78 is 38.7. The van der Waals surface area contributed by atoms with Gasteiger partial charge in [-0.05, 0) is 49.6 Å². The number of halogens is 3. The molecule has 2 aliphatic rings. The average Bonchev–Trinajstić information content (AvgIpc) is 2.67. The Morgan fingerprint density at radius 3 is 2.21 bits per heavy atom. The van der Waals surface area contributed by atoms with Crippen molar-refractivity contribution in [2.45, 2.75) is 44.7 Å². The fourth-order valence-electron chi connectivity index (χ4n) is 4.18. The maximum absolute atomic E-state index is 13.0. The minimum atomic E-state index is -4.44. The van der Waals surface area contributed by atoms with E-state index < -0.39 is 11.7 Å². The van der Waals surface area contributed by atoms with Crippen LogP contribution in [0.1, 0.15) is 48.3 Å². The molecule has 1 atom stereocenters. The van der Waals surface area contributed by atoms with Crippen molar-refractivity contribution in [2.24, 2.45) is 0 Å². The molecule has 0 fully saturated rings. The summed E-state index contributed by atoms with van der Waals surface area (Å²) >= 11 is 0. The second kappa shape index (κ2) is 7.17. The fourth-order valence-corrected chi connectivity index (χ4v) is 4.18. The zero-order valence-electron chi connectivity index (χ0n) is 15.9. The summed E-state index contributed by atoms with van der Waals surface area (Å²) in [7, 11) is 0. The lowest BCUT2D eigenvalue weighted by Crippen LogP contribution is -2.40. The van der Waals surface area contributed by atoms with E-state index in [2.05, 4.69) is 0 Å². The van der Waals surface area contributed by atoms with E-state index in [0.717, 1.165) is 23.3 Å². The molecule has 0 aromatic heterocycles. The Labute approximate surface area is 166 Å². The Bertz CT molecular complexity index is 988. The van der Waals surface area contributed by atoms with Crippen LogP contribution >= 0.6 is 0 Å². The molecule has 0 N–H and O–H groups in total. The summed E-state index contributed by atoms with van der Waals surface area (Å²) in [4.78, 5) is 27.3. The Morgan fingerprint density at radius 2 is 1.59 bits per heavy atom. The van der Waals surface area contributed by atoms with Gasteiger partial charge in [0.1, 0.15) is 0 Å². The highest BCUT2D eigenvalue weighted by Crippen LogP contribution is 2.43. The number of rotatable bonds is 2. The molecule has 1 heterocycles. The van der Waals surface area contributed by atoms with E-state index in [0.29, 0.717) is 36.2 Å². The van der Waals surface area contributed by atoms with Gasteiger partial charge in [0.2, 0.25) is 5.91 Å². The van der Waals surface area contributed by atoms with Crippen molar-refractivity contribution in [3.05, 3.63) is 76.5 Å². The molecule has 0 bridgehead atoms. The predicted molar refractivity (Wildman–Crippen MR) is 103 cm³/mol. The first kappa shape index (κ1) is 19.4. The first-order chi connectivity index (χ1) is 13.8. The third kappa shape index (κ3) is 3.59. The molecule has 0 spiro atoms. The summed E-state index contributed by atoms with van der Waals surface area (Å²) in [6.07, 6.45) is -2.71. The monoisotopic (exact) mass is 399 g/mol. The number of alkyl halides is 3. The number of carbonyl (C=O) groups is 2. The van der Waals surface area contributed by atoms with Gasteiger partial charge in [0.25, 0.3) is 0 Å². The van der Waals surface area contributed by atoms with Crippen LogP contribution in [0.4, 0.5) is 18.9 Å². The van der Waals surface area contributed by atoms with Gasteiger partial charge in [0, 0.05) is 35.7 Å². The van der Waals surface area contributed by atoms with E-state index in [1.807, 2.05) is 31.2 Å². The lowest BCUT2D eigenvalue weighted by Gasteiger charge is -2.38. The van der Waals surface area contributed by atoms with Gasteiger partial charge in [-0.2, -0.15) is 13.2 Å².